The Kier molecular flexibility index (Phi) is 4.91. The number of amides is 1. The maximum absolute atomic E-state index is 12.4. The van der Waals surface area contributed by atoms with Crippen molar-refractivity contribution in [3.05, 3.63) is 42.4 Å². The third-order valence-corrected chi connectivity index (χ3v) is 4.86. The zero-order chi connectivity index (χ0) is 18.7. The molecule has 0 saturated carbocycles. The van der Waals surface area contributed by atoms with Crippen molar-refractivity contribution in [2.45, 2.75) is 18.6 Å². The Bertz CT molecular complexity index is 796. The van der Waals surface area contributed by atoms with Gasteiger partial charge in [0.15, 0.2) is 5.79 Å². The first-order chi connectivity index (χ1) is 13.2. The molecule has 2 saturated heterocycles. The van der Waals surface area contributed by atoms with Crippen molar-refractivity contribution in [3.63, 3.8) is 0 Å². The van der Waals surface area contributed by atoms with E-state index in [-0.39, 0.29) is 11.6 Å². The molecule has 3 heterocycles. The Hall–Kier alpha value is -2.71. The Balaban J connectivity index is 1.37. The summed E-state index contributed by atoms with van der Waals surface area (Å²) in [6.45, 7) is 2.89. The number of ether oxygens (including phenoxy) is 3. The smallest absolute Gasteiger partial charge is 0.275 e. The van der Waals surface area contributed by atoms with Crippen LogP contribution in [0.15, 0.2) is 36.7 Å². The molecule has 1 N–H and O–H groups in total. The molecule has 142 valence electrons. The topological polar surface area (TPSA) is 85.8 Å². The molecular formula is C19H22N4O4. The third-order valence-electron chi connectivity index (χ3n) is 4.86. The summed E-state index contributed by atoms with van der Waals surface area (Å²) in [7, 11) is 1.58. The van der Waals surface area contributed by atoms with E-state index < -0.39 is 5.79 Å². The van der Waals surface area contributed by atoms with Crippen LogP contribution in [0.4, 0.5) is 11.5 Å². The summed E-state index contributed by atoms with van der Waals surface area (Å²) < 4.78 is 16.6. The molecule has 1 spiro atoms. The number of rotatable bonds is 4. The summed E-state index contributed by atoms with van der Waals surface area (Å²) in [5.41, 5.74) is 0.903. The van der Waals surface area contributed by atoms with Gasteiger partial charge >= 0.3 is 0 Å². The van der Waals surface area contributed by atoms with Crippen LogP contribution in [0.1, 0.15) is 23.3 Å². The molecule has 0 radical (unpaired) electrons. The van der Waals surface area contributed by atoms with E-state index in [4.69, 9.17) is 14.2 Å². The zero-order valence-corrected chi connectivity index (χ0v) is 15.2. The van der Waals surface area contributed by atoms with E-state index in [1.807, 2.05) is 12.1 Å². The van der Waals surface area contributed by atoms with E-state index in [9.17, 15) is 4.79 Å². The highest BCUT2D eigenvalue weighted by molar-refractivity contribution is 6.02. The van der Waals surface area contributed by atoms with Gasteiger partial charge in [0, 0.05) is 37.7 Å². The average Bonchev–Trinajstić information content (AvgIpc) is 3.17. The van der Waals surface area contributed by atoms with E-state index in [0.717, 1.165) is 31.7 Å². The number of aromatic nitrogens is 2. The van der Waals surface area contributed by atoms with Gasteiger partial charge in [-0.15, -0.1) is 0 Å². The molecule has 8 nitrogen and oxygen atoms in total. The molecule has 8 heteroatoms. The van der Waals surface area contributed by atoms with Crippen LogP contribution in [0.5, 0.6) is 5.75 Å². The lowest BCUT2D eigenvalue weighted by molar-refractivity contribution is -0.169. The molecule has 1 aromatic heterocycles. The molecule has 2 aliphatic heterocycles. The molecule has 1 aromatic carbocycles. The van der Waals surface area contributed by atoms with Crippen molar-refractivity contribution in [2.75, 3.05) is 43.6 Å². The maximum Gasteiger partial charge on any atom is 0.275 e. The number of nitrogens with zero attached hydrogens (tertiary/aromatic N) is 3. The highest BCUT2D eigenvalue weighted by Crippen LogP contribution is 2.32. The monoisotopic (exact) mass is 370 g/mol. The number of anilines is 2. The first-order valence-corrected chi connectivity index (χ1v) is 8.98. The second-order valence-electron chi connectivity index (χ2n) is 6.54. The largest absolute Gasteiger partial charge is 0.497 e. The second kappa shape index (κ2) is 7.50. The predicted octanol–water partition coefficient (Wildman–Crippen LogP) is 2.08. The average molecular weight is 370 g/mol. The van der Waals surface area contributed by atoms with Crippen molar-refractivity contribution >= 4 is 17.4 Å². The fourth-order valence-corrected chi connectivity index (χ4v) is 3.36. The summed E-state index contributed by atoms with van der Waals surface area (Å²) in [5.74, 6) is 0.696. The summed E-state index contributed by atoms with van der Waals surface area (Å²) >= 11 is 0. The van der Waals surface area contributed by atoms with Gasteiger partial charge in [-0.05, 0) is 12.1 Å². The molecule has 1 amide bonds. The molecule has 27 heavy (non-hydrogen) atoms. The van der Waals surface area contributed by atoms with Crippen LogP contribution in [0.3, 0.4) is 0 Å². The Morgan fingerprint density at radius 3 is 2.63 bits per heavy atom. The highest BCUT2D eigenvalue weighted by Gasteiger charge is 2.40. The van der Waals surface area contributed by atoms with E-state index in [2.05, 4.69) is 20.2 Å². The number of hydrogen-bond donors (Lipinski definition) is 1. The minimum Gasteiger partial charge on any atom is -0.497 e. The van der Waals surface area contributed by atoms with Crippen molar-refractivity contribution in [1.82, 2.24) is 9.97 Å². The minimum absolute atomic E-state index is 0.262. The number of carbonyl (C=O) groups excluding carboxylic acids is 1. The van der Waals surface area contributed by atoms with Gasteiger partial charge in [-0.2, -0.15) is 0 Å². The fraction of sp³-hybridized carbons (Fsp3) is 0.421. The van der Waals surface area contributed by atoms with Crippen LogP contribution >= 0.6 is 0 Å². The van der Waals surface area contributed by atoms with Gasteiger partial charge < -0.3 is 24.4 Å². The van der Waals surface area contributed by atoms with Gasteiger partial charge in [-0.1, -0.05) is 6.07 Å². The molecule has 2 aromatic rings. The fourth-order valence-electron chi connectivity index (χ4n) is 3.36. The lowest BCUT2D eigenvalue weighted by Gasteiger charge is -2.37. The highest BCUT2D eigenvalue weighted by atomic mass is 16.7. The standard InChI is InChI=1S/C19H22N4O4/c1-25-15-4-2-3-14(11-15)22-18(24)16-12-21-17(13-20-16)23-7-5-19(6-8-23)26-9-10-27-19/h2-4,11-13H,5-10H2,1H3,(H,22,24). The Morgan fingerprint density at radius 2 is 1.96 bits per heavy atom. The first-order valence-electron chi connectivity index (χ1n) is 8.98. The second-order valence-corrected chi connectivity index (χ2v) is 6.54. The molecule has 0 bridgehead atoms. The molecular weight excluding hydrogens is 348 g/mol. The van der Waals surface area contributed by atoms with Gasteiger partial charge in [0.25, 0.3) is 5.91 Å². The molecule has 2 fully saturated rings. The lowest BCUT2D eigenvalue weighted by Crippen LogP contribution is -2.45. The van der Waals surface area contributed by atoms with Crippen LogP contribution in [-0.2, 0) is 9.47 Å². The quantitative estimate of drug-likeness (QED) is 0.882. The predicted molar refractivity (Wildman–Crippen MR) is 99.1 cm³/mol. The molecule has 0 unspecified atom stereocenters. The van der Waals surface area contributed by atoms with E-state index in [1.165, 1.54) is 6.20 Å². The number of hydrogen-bond acceptors (Lipinski definition) is 7. The SMILES string of the molecule is COc1cccc(NC(=O)c2cnc(N3CCC4(CC3)OCCO4)cn2)c1. The summed E-state index contributed by atoms with van der Waals surface area (Å²) in [5, 5.41) is 2.80. The van der Waals surface area contributed by atoms with Gasteiger partial charge in [0.2, 0.25) is 0 Å². The molecule has 0 aliphatic carbocycles. The van der Waals surface area contributed by atoms with Crippen molar-refractivity contribution in [3.8, 4) is 5.75 Å². The lowest BCUT2D eigenvalue weighted by atomic mass is 10.0. The molecule has 2 aliphatic rings. The van der Waals surface area contributed by atoms with Crippen LogP contribution < -0.4 is 15.0 Å². The summed E-state index contributed by atoms with van der Waals surface area (Å²) in [6, 6.07) is 7.16. The van der Waals surface area contributed by atoms with Crippen LogP contribution in [0, 0.1) is 0 Å². The summed E-state index contributed by atoms with van der Waals surface area (Å²) in [4.78, 5) is 23.2. The van der Waals surface area contributed by atoms with Crippen molar-refractivity contribution in [1.29, 1.82) is 0 Å². The summed E-state index contributed by atoms with van der Waals surface area (Å²) in [6.07, 6.45) is 4.73. The van der Waals surface area contributed by atoms with Gasteiger partial charge in [0.1, 0.15) is 17.3 Å². The molecule has 4 rings (SSSR count). The Morgan fingerprint density at radius 1 is 1.19 bits per heavy atom. The van der Waals surface area contributed by atoms with E-state index in [0.29, 0.717) is 24.7 Å². The maximum atomic E-state index is 12.4. The van der Waals surface area contributed by atoms with Crippen LogP contribution in [0.25, 0.3) is 0 Å². The third kappa shape index (κ3) is 3.86. The normalized spacial score (nSPS) is 18.5. The number of nitrogens with one attached hydrogen (secondary N) is 1. The van der Waals surface area contributed by atoms with Crippen LogP contribution in [0.2, 0.25) is 0 Å². The number of piperidine rings is 1. The minimum atomic E-state index is -0.416. The number of benzene rings is 1. The Labute approximate surface area is 157 Å². The van der Waals surface area contributed by atoms with Crippen LogP contribution in [-0.4, -0.2) is 55.1 Å². The van der Waals surface area contributed by atoms with Crippen molar-refractivity contribution in [2.24, 2.45) is 0 Å². The van der Waals surface area contributed by atoms with Crippen molar-refractivity contribution < 1.29 is 19.0 Å². The number of methoxy groups -OCH3 is 1. The molecule has 0 atom stereocenters. The van der Waals surface area contributed by atoms with Gasteiger partial charge in [0.05, 0.1) is 32.7 Å². The van der Waals surface area contributed by atoms with E-state index >= 15 is 0 Å². The first kappa shape index (κ1) is 17.7. The number of carbonyl (C=O) groups is 1. The van der Waals surface area contributed by atoms with Gasteiger partial charge in [-0.3, -0.25) is 4.79 Å². The zero-order valence-electron chi connectivity index (χ0n) is 15.2. The van der Waals surface area contributed by atoms with Gasteiger partial charge in [-0.25, -0.2) is 9.97 Å². The van der Waals surface area contributed by atoms with E-state index in [1.54, 1.807) is 25.4 Å².